The van der Waals surface area contributed by atoms with Crippen molar-refractivity contribution < 1.29 is 9.59 Å². The Morgan fingerprint density at radius 3 is 2.31 bits per heavy atom. The number of carbonyl (C=O) groups excluding carboxylic acids is 2. The minimum absolute atomic E-state index is 0.0463. The molecule has 194 valence electrons. The first-order valence-corrected chi connectivity index (χ1v) is 13.8. The van der Waals surface area contributed by atoms with Gasteiger partial charge in [-0.1, -0.05) is 50.6 Å². The first-order chi connectivity index (χ1) is 17.5. The van der Waals surface area contributed by atoms with Gasteiger partial charge in [0.2, 0.25) is 11.8 Å². The number of unbranched alkanes of at least 4 members (excludes halogenated alkanes) is 2. The van der Waals surface area contributed by atoms with Gasteiger partial charge in [-0.25, -0.2) is 0 Å². The number of hydrogen-bond donors (Lipinski definition) is 1. The maximum Gasteiger partial charge on any atom is 0.246 e. The van der Waals surface area contributed by atoms with Gasteiger partial charge in [0.15, 0.2) is 0 Å². The van der Waals surface area contributed by atoms with Crippen molar-refractivity contribution in [3.8, 4) is 0 Å². The number of aryl methyl sites for hydroxylation is 1. The van der Waals surface area contributed by atoms with Crippen molar-refractivity contribution in [1.82, 2.24) is 20.1 Å². The van der Waals surface area contributed by atoms with Gasteiger partial charge in [-0.3, -0.25) is 14.6 Å². The first kappa shape index (κ1) is 26.3. The lowest BCUT2D eigenvalue weighted by Gasteiger charge is -2.52. The molecule has 1 aromatic carbocycles. The van der Waals surface area contributed by atoms with Crippen LogP contribution in [0.4, 0.5) is 0 Å². The van der Waals surface area contributed by atoms with Crippen LogP contribution in [0.5, 0.6) is 0 Å². The molecule has 2 saturated heterocycles. The van der Waals surface area contributed by atoms with Gasteiger partial charge in [0.1, 0.15) is 11.6 Å². The highest BCUT2D eigenvalue weighted by atomic mass is 16.2. The van der Waals surface area contributed by atoms with E-state index >= 15 is 0 Å². The third-order valence-electron chi connectivity index (χ3n) is 7.86. The molecule has 2 aliphatic rings. The van der Waals surface area contributed by atoms with Crippen molar-refractivity contribution >= 4 is 11.8 Å². The summed E-state index contributed by atoms with van der Waals surface area (Å²) in [6.45, 7) is 7.56. The molecule has 0 bridgehead atoms. The topological polar surface area (TPSA) is 65.5 Å². The van der Waals surface area contributed by atoms with Crippen molar-refractivity contribution in [2.24, 2.45) is 5.92 Å². The van der Waals surface area contributed by atoms with Crippen molar-refractivity contribution in [2.75, 3.05) is 26.2 Å². The number of piperidine rings is 1. The zero-order chi connectivity index (χ0) is 25.4. The van der Waals surface area contributed by atoms with Crippen LogP contribution in [0.2, 0.25) is 0 Å². The van der Waals surface area contributed by atoms with Crippen LogP contribution in [0, 0.1) is 5.92 Å². The number of rotatable bonds is 11. The van der Waals surface area contributed by atoms with E-state index in [-0.39, 0.29) is 11.8 Å². The van der Waals surface area contributed by atoms with E-state index in [0.29, 0.717) is 31.7 Å². The van der Waals surface area contributed by atoms with Crippen LogP contribution in [-0.2, 0) is 22.4 Å². The molecular weight excluding hydrogens is 448 g/mol. The highest BCUT2D eigenvalue weighted by molar-refractivity contribution is 6.00. The van der Waals surface area contributed by atoms with E-state index in [0.717, 1.165) is 38.0 Å². The van der Waals surface area contributed by atoms with Crippen LogP contribution < -0.4 is 5.32 Å². The fraction of sp³-hybridized carbons (Fsp3) is 0.567. The van der Waals surface area contributed by atoms with Gasteiger partial charge in [-0.15, -0.1) is 0 Å². The molecule has 36 heavy (non-hydrogen) atoms. The summed E-state index contributed by atoms with van der Waals surface area (Å²) in [5.74, 6) is 0.482. The van der Waals surface area contributed by atoms with E-state index in [2.05, 4.69) is 59.4 Å². The highest BCUT2D eigenvalue weighted by Crippen LogP contribution is 2.34. The largest absolute Gasteiger partial charge is 0.342 e. The Kier molecular flexibility index (Phi) is 9.13. The molecule has 1 spiro atoms. The van der Waals surface area contributed by atoms with Crippen LogP contribution in [0.3, 0.4) is 0 Å². The van der Waals surface area contributed by atoms with Crippen molar-refractivity contribution in [3.63, 3.8) is 0 Å². The summed E-state index contributed by atoms with van der Waals surface area (Å²) in [6, 6.07) is 14.3. The summed E-state index contributed by atoms with van der Waals surface area (Å²) in [7, 11) is 0. The second-order valence-electron chi connectivity index (χ2n) is 10.9. The number of aromatic nitrogens is 1. The summed E-state index contributed by atoms with van der Waals surface area (Å²) < 4.78 is 0. The molecule has 1 N–H and O–H groups in total. The van der Waals surface area contributed by atoms with Gasteiger partial charge in [-0.05, 0) is 80.7 Å². The Balaban J connectivity index is 1.33. The van der Waals surface area contributed by atoms with E-state index in [1.165, 1.54) is 24.8 Å². The maximum absolute atomic E-state index is 13.6. The summed E-state index contributed by atoms with van der Waals surface area (Å²) in [5, 5.41) is 3.12. The lowest BCUT2D eigenvalue weighted by Crippen LogP contribution is -2.73. The molecule has 0 unspecified atom stereocenters. The molecular formula is C30H42N4O2. The quantitative estimate of drug-likeness (QED) is 0.479. The first-order valence-electron chi connectivity index (χ1n) is 13.8. The third-order valence-corrected chi connectivity index (χ3v) is 7.86. The molecule has 2 aliphatic heterocycles. The fourth-order valence-corrected chi connectivity index (χ4v) is 5.75. The van der Waals surface area contributed by atoms with E-state index in [4.69, 9.17) is 0 Å². The predicted octanol–water partition coefficient (Wildman–Crippen LogP) is 4.24. The maximum atomic E-state index is 13.6. The lowest BCUT2D eigenvalue weighted by molar-refractivity contribution is -0.161. The molecule has 4 rings (SSSR count). The van der Waals surface area contributed by atoms with Gasteiger partial charge in [0.05, 0.1) is 0 Å². The number of carbonyl (C=O) groups is 2. The molecule has 0 saturated carbocycles. The van der Waals surface area contributed by atoms with E-state index in [1.54, 1.807) is 12.4 Å². The van der Waals surface area contributed by atoms with Crippen LogP contribution in [0.15, 0.2) is 54.9 Å². The van der Waals surface area contributed by atoms with E-state index < -0.39 is 11.6 Å². The number of amides is 2. The Labute approximate surface area is 216 Å². The molecule has 0 aliphatic carbocycles. The Bertz CT molecular complexity index is 971. The number of likely N-dealkylation sites (tertiary alicyclic amines) is 1. The number of nitrogens with one attached hydrogen (secondary N) is 1. The summed E-state index contributed by atoms with van der Waals surface area (Å²) in [5.41, 5.74) is 1.84. The minimum atomic E-state index is -0.721. The standard InChI is InChI=1S/C30H42N4O2/c1-24(2)23-27-28(35)34(20-14-26-12-17-31-18-13-26)30(29(36)32-27)15-21-33(22-16-30)19-8-4-7-11-25-9-5-3-6-10-25/h3,5-6,9-10,12-13,17-18,24,27H,4,7-8,11,14-16,19-23H2,1-2H3,(H,32,36)/t27-/m0/s1. The molecule has 6 nitrogen and oxygen atoms in total. The summed E-state index contributed by atoms with van der Waals surface area (Å²) in [4.78, 5) is 35.7. The van der Waals surface area contributed by atoms with E-state index in [1.807, 2.05) is 17.0 Å². The van der Waals surface area contributed by atoms with Gasteiger partial charge in [0.25, 0.3) is 0 Å². The number of benzene rings is 1. The average Bonchev–Trinajstić information content (AvgIpc) is 2.89. The van der Waals surface area contributed by atoms with Crippen molar-refractivity contribution in [2.45, 2.75) is 76.8 Å². The zero-order valence-corrected chi connectivity index (χ0v) is 22.0. The van der Waals surface area contributed by atoms with Crippen LogP contribution in [-0.4, -0.2) is 64.4 Å². The van der Waals surface area contributed by atoms with Gasteiger partial charge in [-0.2, -0.15) is 0 Å². The van der Waals surface area contributed by atoms with Crippen molar-refractivity contribution in [1.29, 1.82) is 0 Å². The Morgan fingerprint density at radius 1 is 0.917 bits per heavy atom. The minimum Gasteiger partial charge on any atom is -0.342 e. The molecule has 1 aromatic heterocycles. The normalized spacial score (nSPS) is 20.2. The van der Waals surface area contributed by atoms with Crippen LogP contribution >= 0.6 is 0 Å². The predicted molar refractivity (Wildman–Crippen MR) is 143 cm³/mol. The Morgan fingerprint density at radius 2 is 1.61 bits per heavy atom. The summed E-state index contributed by atoms with van der Waals surface area (Å²) in [6.07, 6.45) is 11.1. The monoisotopic (exact) mass is 490 g/mol. The molecule has 3 heterocycles. The third kappa shape index (κ3) is 6.52. The lowest BCUT2D eigenvalue weighted by atomic mass is 9.80. The number of hydrogen-bond acceptors (Lipinski definition) is 4. The molecule has 2 amide bonds. The number of piperazine rings is 1. The second-order valence-corrected chi connectivity index (χ2v) is 10.9. The Hall–Kier alpha value is -2.73. The second kappa shape index (κ2) is 12.5. The smallest absolute Gasteiger partial charge is 0.246 e. The number of pyridine rings is 1. The van der Waals surface area contributed by atoms with Crippen LogP contribution in [0.25, 0.3) is 0 Å². The zero-order valence-electron chi connectivity index (χ0n) is 22.0. The molecule has 1 atom stereocenters. The van der Waals surface area contributed by atoms with Gasteiger partial charge >= 0.3 is 0 Å². The van der Waals surface area contributed by atoms with Crippen LogP contribution in [0.1, 0.15) is 63.5 Å². The summed E-state index contributed by atoms with van der Waals surface area (Å²) >= 11 is 0. The average molecular weight is 491 g/mol. The van der Waals surface area contributed by atoms with Crippen molar-refractivity contribution in [3.05, 3.63) is 66.0 Å². The number of nitrogens with zero attached hydrogens (tertiary/aromatic N) is 3. The molecule has 0 radical (unpaired) electrons. The highest BCUT2D eigenvalue weighted by Gasteiger charge is 2.53. The molecule has 2 fully saturated rings. The fourth-order valence-electron chi connectivity index (χ4n) is 5.75. The van der Waals surface area contributed by atoms with E-state index in [9.17, 15) is 9.59 Å². The van der Waals surface area contributed by atoms with Gasteiger partial charge < -0.3 is 15.1 Å². The SMILES string of the molecule is CC(C)C[C@@H]1NC(=O)C2(CCN(CCCCCc3ccccc3)CC2)N(CCc2ccncc2)C1=O. The molecule has 2 aromatic rings. The van der Waals surface area contributed by atoms with Gasteiger partial charge in [0, 0.05) is 32.0 Å². The molecule has 6 heteroatoms.